The average molecular weight is 457 g/mol. The summed E-state index contributed by atoms with van der Waals surface area (Å²) in [4.78, 5) is 0. The number of hydrogen-bond donors (Lipinski definition) is 0. The van der Waals surface area contributed by atoms with E-state index in [1.165, 1.54) is 10.9 Å². The molecule has 0 aromatic heterocycles. The zero-order valence-corrected chi connectivity index (χ0v) is 21.2. The second-order valence-electron chi connectivity index (χ2n) is 9.98. The van der Waals surface area contributed by atoms with Crippen LogP contribution in [0, 0.1) is 0 Å². The summed E-state index contributed by atoms with van der Waals surface area (Å²) in [6.45, 7) is 14.5. The molecule has 0 saturated carbocycles. The Morgan fingerprint density at radius 3 is 2.00 bits per heavy atom. The van der Waals surface area contributed by atoms with Crippen LogP contribution in [-0.4, -0.2) is 42.5 Å². The van der Waals surface area contributed by atoms with E-state index in [0.717, 1.165) is 36.1 Å². The molecular formula is C27H37O4P. The summed E-state index contributed by atoms with van der Waals surface area (Å²) in [5.41, 5.74) is 2.29. The molecule has 0 amide bonds. The lowest BCUT2D eigenvalue weighted by Crippen LogP contribution is -2.45. The van der Waals surface area contributed by atoms with E-state index in [0.29, 0.717) is 13.2 Å². The topological polar surface area (TPSA) is 36.9 Å². The minimum Gasteiger partial charge on any atom is -0.490 e. The van der Waals surface area contributed by atoms with Crippen LogP contribution in [0.25, 0.3) is 11.1 Å². The molecule has 2 aromatic rings. The quantitative estimate of drug-likeness (QED) is 0.475. The first-order valence-electron chi connectivity index (χ1n) is 11.8. The highest BCUT2D eigenvalue weighted by molar-refractivity contribution is 7.67. The number of hydrogen-bond acceptors (Lipinski definition) is 4. The molecular weight excluding hydrogens is 419 g/mol. The molecule has 0 radical (unpaired) electrons. The van der Waals surface area contributed by atoms with Gasteiger partial charge in [-0.15, -0.1) is 0 Å². The zero-order chi connectivity index (χ0) is 22.9. The molecule has 0 aliphatic carbocycles. The fourth-order valence-electron chi connectivity index (χ4n) is 5.02. The third-order valence-corrected chi connectivity index (χ3v) is 9.40. The average Bonchev–Trinajstić information content (AvgIpc) is 3.14. The second kappa shape index (κ2) is 9.33. The molecule has 1 unspecified atom stereocenters. The highest BCUT2D eigenvalue weighted by Crippen LogP contribution is 2.60. The molecule has 2 heterocycles. The van der Waals surface area contributed by atoms with Crippen molar-refractivity contribution < 1.29 is 18.9 Å². The fraction of sp³-hybridized carbons (Fsp3) is 0.556. The molecule has 0 bridgehead atoms. The van der Waals surface area contributed by atoms with E-state index in [-0.39, 0.29) is 23.2 Å². The van der Waals surface area contributed by atoms with Crippen molar-refractivity contribution in [2.45, 2.75) is 77.5 Å². The maximum absolute atomic E-state index is 6.28. The Morgan fingerprint density at radius 2 is 1.44 bits per heavy atom. The molecule has 1 spiro atoms. The van der Waals surface area contributed by atoms with Gasteiger partial charge in [-0.3, -0.25) is 0 Å². The first-order valence-corrected chi connectivity index (χ1v) is 13.3. The van der Waals surface area contributed by atoms with E-state index in [2.05, 4.69) is 77.9 Å². The molecule has 4 rings (SSSR count). The van der Waals surface area contributed by atoms with Gasteiger partial charge in [-0.05, 0) is 62.0 Å². The summed E-state index contributed by atoms with van der Waals surface area (Å²) in [5, 5.41) is 1.51. The Hall–Kier alpha value is -1.61. The van der Waals surface area contributed by atoms with E-state index in [1.807, 2.05) is 6.07 Å². The molecule has 2 saturated heterocycles. The highest BCUT2D eigenvalue weighted by atomic mass is 31.1. The minimum atomic E-state index is -0.433. The predicted molar refractivity (Wildman–Crippen MR) is 133 cm³/mol. The molecule has 32 heavy (non-hydrogen) atoms. The number of benzene rings is 2. The van der Waals surface area contributed by atoms with Crippen molar-refractivity contribution >= 4 is 13.2 Å². The molecule has 2 fully saturated rings. The standard InChI is InChI=1S/C27H37O4P/c1-19(2)30-22-11-9-12-23(31-20(3)4)25(22)21-10-7-8-13-24(21)32-17-14-27(18-26(32,5)6)28-15-16-29-27/h7-13,19-20H,14-18H2,1-6H3. The number of rotatable bonds is 6. The van der Waals surface area contributed by atoms with E-state index in [1.54, 1.807) is 0 Å². The van der Waals surface area contributed by atoms with Gasteiger partial charge in [0, 0.05) is 12.8 Å². The Balaban J connectivity index is 1.79. The smallest absolute Gasteiger partial charge is 0.169 e. The second-order valence-corrected chi connectivity index (χ2v) is 13.0. The van der Waals surface area contributed by atoms with E-state index >= 15 is 0 Å². The Labute approximate surface area is 194 Å². The van der Waals surface area contributed by atoms with Crippen LogP contribution in [0.4, 0.5) is 0 Å². The van der Waals surface area contributed by atoms with Gasteiger partial charge in [0.05, 0.1) is 31.0 Å². The minimum absolute atomic E-state index is 0.0866. The summed E-state index contributed by atoms with van der Waals surface area (Å²) >= 11 is 0. The van der Waals surface area contributed by atoms with Crippen molar-refractivity contribution in [1.29, 1.82) is 0 Å². The molecule has 1 atom stereocenters. The van der Waals surface area contributed by atoms with Crippen LogP contribution in [0.5, 0.6) is 11.5 Å². The first kappa shape index (κ1) is 23.5. The van der Waals surface area contributed by atoms with Gasteiger partial charge in [-0.2, -0.15) is 0 Å². The van der Waals surface area contributed by atoms with E-state index in [9.17, 15) is 0 Å². The molecule has 4 nitrogen and oxygen atoms in total. The molecule has 5 heteroatoms. The van der Waals surface area contributed by atoms with Crippen molar-refractivity contribution in [3.8, 4) is 22.6 Å². The summed E-state index contributed by atoms with van der Waals surface area (Å²) in [5.74, 6) is 1.38. The van der Waals surface area contributed by atoms with Crippen molar-refractivity contribution in [1.82, 2.24) is 0 Å². The van der Waals surface area contributed by atoms with Crippen LogP contribution < -0.4 is 14.8 Å². The molecule has 2 aliphatic rings. The largest absolute Gasteiger partial charge is 0.490 e. The van der Waals surface area contributed by atoms with Crippen molar-refractivity contribution in [2.24, 2.45) is 0 Å². The first-order chi connectivity index (χ1) is 15.2. The van der Waals surface area contributed by atoms with Gasteiger partial charge in [0.1, 0.15) is 11.5 Å². The fourth-order valence-corrected chi connectivity index (χ4v) is 8.26. The van der Waals surface area contributed by atoms with Crippen molar-refractivity contribution in [3.05, 3.63) is 42.5 Å². The Bertz CT molecular complexity index is 903. The third kappa shape index (κ3) is 4.83. The van der Waals surface area contributed by atoms with Crippen LogP contribution in [0.1, 0.15) is 54.4 Å². The predicted octanol–water partition coefficient (Wildman–Crippen LogP) is 6.35. The summed E-state index contributed by atoms with van der Waals surface area (Å²) in [6.07, 6.45) is 3.15. The summed E-state index contributed by atoms with van der Waals surface area (Å²) in [7, 11) is -0.433. The highest BCUT2D eigenvalue weighted by Gasteiger charge is 2.49. The zero-order valence-electron chi connectivity index (χ0n) is 20.3. The van der Waals surface area contributed by atoms with Gasteiger partial charge in [0.25, 0.3) is 0 Å². The monoisotopic (exact) mass is 456 g/mol. The molecule has 2 aromatic carbocycles. The van der Waals surface area contributed by atoms with E-state index < -0.39 is 7.92 Å². The molecule has 0 N–H and O–H groups in total. The number of ether oxygens (including phenoxy) is 4. The normalized spacial score (nSPS) is 21.9. The SMILES string of the molecule is CC(C)Oc1cccc(OC(C)C)c1-c1ccccc1P1CCC2(CC1(C)C)OCCO2. The third-order valence-electron chi connectivity index (χ3n) is 6.14. The van der Waals surface area contributed by atoms with Crippen LogP contribution in [-0.2, 0) is 9.47 Å². The van der Waals surface area contributed by atoms with Gasteiger partial charge < -0.3 is 18.9 Å². The van der Waals surface area contributed by atoms with Gasteiger partial charge >= 0.3 is 0 Å². The van der Waals surface area contributed by atoms with E-state index in [4.69, 9.17) is 18.9 Å². The van der Waals surface area contributed by atoms with Gasteiger partial charge in [-0.25, -0.2) is 0 Å². The van der Waals surface area contributed by atoms with Crippen molar-refractivity contribution in [3.63, 3.8) is 0 Å². The maximum Gasteiger partial charge on any atom is 0.169 e. The van der Waals surface area contributed by atoms with Crippen LogP contribution >= 0.6 is 7.92 Å². The molecule has 174 valence electrons. The lowest BCUT2D eigenvalue weighted by atomic mass is 9.98. The van der Waals surface area contributed by atoms with Gasteiger partial charge in [-0.1, -0.05) is 52.1 Å². The van der Waals surface area contributed by atoms with Gasteiger partial charge in [0.15, 0.2) is 5.79 Å². The lowest BCUT2D eigenvalue weighted by molar-refractivity contribution is -0.169. The van der Waals surface area contributed by atoms with Crippen LogP contribution in [0.15, 0.2) is 42.5 Å². The molecule has 2 aliphatic heterocycles. The van der Waals surface area contributed by atoms with Crippen LogP contribution in [0.2, 0.25) is 0 Å². The lowest BCUT2D eigenvalue weighted by Gasteiger charge is -2.47. The summed E-state index contributed by atoms with van der Waals surface area (Å²) < 4.78 is 24.7. The van der Waals surface area contributed by atoms with Gasteiger partial charge in [0.2, 0.25) is 0 Å². The summed E-state index contributed by atoms with van der Waals surface area (Å²) in [6, 6.07) is 15.0. The Morgan fingerprint density at radius 1 is 0.844 bits per heavy atom. The van der Waals surface area contributed by atoms with Crippen LogP contribution in [0.3, 0.4) is 0 Å². The van der Waals surface area contributed by atoms with Crippen molar-refractivity contribution in [2.75, 3.05) is 19.4 Å². The Kier molecular flexibility index (Phi) is 6.86. The maximum atomic E-state index is 6.28.